The molecule has 2 rings (SSSR count). The fourth-order valence-corrected chi connectivity index (χ4v) is 1.05. The van der Waals surface area contributed by atoms with Gasteiger partial charge in [0.2, 0.25) is 0 Å². The maximum absolute atomic E-state index is 13.0. The van der Waals surface area contributed by atoms with Crippen LogP contribution in [0.4, 0.5) is 4.39 Å². The van der Waals surface area contributed by atoms with Crippen molar-refractivity contribution >= 4 is 0 Å². The second kappa shape index (κ2) is 3.96. The van der Waals surface area contributed by atoms with Gasteiger partial charge in [0.25, 0.3) is 0 Å². The minimum atomic E-state index is -0.476. The molecule has 71 valence electrons. The summed E-state index contributed by atoms with van der Waals surface area (Å²) in [7, 11) is 0. The molecule has 0 aliphatic rings. The molecule has 0 amide bonds. The molecule has 0 fully saturated rings. The number of halogens is 1. The van der Waals surface area contributed by atoms with E-state index >= 15 is 0 Å². The second-order valence-electron chi connectivity index (χ2n) is 2.77. The van der Waals surface area contributed by atoms with Crippen LogP contribution in [0, 0.1) is 11.9 Å². The maximum Gasteiger partial charge on any atom is 0.172 e. The summed E-state index contributed by atoms with van der Waals surface area (Å²) in [6.07, 6.45) is 3.11. The molecule has 0 atom stereocenters. The van der Waals surface area contributed by atoms with Gasteiger partial charge in [-0.15, -0.1) is 0 Å². The Bertz CT molecular complexity index is 395. The number of hydrogen-bond acceptors (Lipinski definition) is 2. The third-order valence-corrected chi connectivity index (χ3v) is 1.74. The maximum atomic E-state index is 13.0. The minimum Gasteiger partial charge on any atom is -0.486 e. The van der Waals surface area contributed by atoms with Crippen molar-refractivity contribution in [3.05, 3.63) is 54.2 Å². The van der Waals surface area contributed by atoms with Crippen LogP contribution < -0.4 is 4.74 Å². The van der Waals surface area contributed by atoms with Gasteiger partial charge < -0.3 is 9.15 Å². The molecule has 1 aromatic carbocycles. The van der Waals surface area contributed by atoms with Gasteiger partial charge in [-0.3, -0.25) is 0 Å². The molecule has 2 aromatic rings. The fraction of sp³-hybridized carbons (Fsp3) is 0.0909. The van der Waals surface area contributed by atoms with Gasteiger partial charge in [0.15, 0.2) is 11.6 Å². The average molecular weight is 191 g/mol. The Hall–Kier alpha value is -1.77. The molecule has 0 N–H and O–H groups in total. The van der Waals surface area contributed by atoms with Gasteiger partial charge in [0.1, 0.15) is 6.61 Å². The first-order valence-electron chi connectivity index (χ1n) is 4.16. The summed E-state index contributed by atoms with van der Waals surface area (Å²) < 4.78 is 23.1. The standard InChI is InChI=1S/C11H8FO2/c12-10-3-1-2-4-11(10)14-8-9-5-6-13-7-9/h1-2,4-7H,8H2. The zero-order chi connectivity index (χ0) is 9.80. The van der Waals surface area contributed by atoms with E-state index in [1.54, 1.807) is 30.7 Å². The first-order valence-corrected chi connectivity index (χ1v) is 4.16. The van der Waals surface area contributed by atoms with Crippen molar-refractivity contribution in [2.24, 2.45) is 0 Å². The van der Waals surface area contributed by atoms with E-state index < -0.39 is 5.82 Å². The summed E-state index contributed by atoms with van der Waals surface area (Å²) in [6, 6.07) is 8.92. The van der Waals surface area contributed by atoms with Crippen LogP contribution in [0.5, 0.6) is 5.75 Å². The zero-order valence-corrected chi connectivity index (χ0v) is 7.37. The lowest BCUT2D eigenvalue weighted by Gasteiger charge is -2.04. The van der Waals surface area contributed by atoms with Gasteiger partial charge in [-0.05, 0) is 12.1 Å². The van der Waals surface area contributed by atoms with Crippen LogP contribution in [0.15, 0.2) is 41.2 Å². The van der Waals surface area contributed by atoms with Crippen molar-refractivity contribution in [1.29, 1.82) is 0 Å². The summed E-state index contributed by atoms with van der Waals surface area (Å²) in [6.45, 7) is 0.297. The van der Waals surface area contributed by atoms with E-state index in [0.717, 1.165) is 5.56 Å². The predicted octanol–water partition coefficient (Wildman–Crippen LogP) is 2.80. The quantitative estimate of drug-likeness (QED) is 0.744. The van der Waals surface area contributed by atoms with Gasteiger partial charge in [-0.2, -0.15) is 0 Å². The van der Waals surface area contributed by atoms with E-state index in [4.69, 9.17) is 9.15 Å². The van der Waals surface area contributed by atoms with Crippen molar-refractivity contribution < 1.29 is 13.5 Å². The Morgan fingerprint density at radius 3 is 3.07 bits per heavy atom. The van der Waals surface area contributed by atoms with E-state index in [9.17, 15) is 4.39 Å². The molecular weight excluding hydrogens is 183 g/mol. The van der Waals surface area contributed by atoms with Crippen molar-refractivity contribution in [3.8, 4) is 5.75 Å². The molecule has 2 nitrogen and oxygen atoms in total. The van der Waals surface area contributed by atoms with E-state index in [-0.39, 0.29) is 5.75 Å². The Balaban J connectivity index is 2.02. The second-order valence-corrected chi connectivity index (χ2v) is 2.77. The highest BCUT2D eigenvalue weighted by molar-refractivity contribution is 5.23. The smallest absolute Gasteiger partial charge is 0.172 e. The summed E-state index contributed by atoms with van der Waals surface area (Å²) in [5.41, 5.74) is 0.869. The molecule has 1 radical (unpaired) electrons. The summed E-state index contributed by atoms with van der Waals surface area (Å²) in [5.74, 6) is -0.273. The minimum absolute atomic E-state index is 0.203. The van der Waals surface area contributed by atoms with Gasteiger partial charge in [-0.1, -0.05) is 12.1 Å². The first-order chi connectivity index (χ1) is 6.86. The van der Waals surface area contributed by atoms with Gasteiger partial charge >= 0.3 is 0 Å². The van der Waals surface area contributed by atoms with Crippen LogP contribution in [0.25, 0.3) is 0 Å². The molecule has 14 heavy (non-hydrogen) atoms. The van der Waals surface area contributed by atoms with Crippen LogP contribution in [0.3, 0.4) is 0 Å². The number of hydrogen-bond donors (Lipinski definition) is 0. The molecular formula is C11H8FO2. The number of furan rings is 1. The molecule has 0 bridgehead atoms. The van der Waals surface area contributed by atoms with Crippen LogP contribution >= 0.6 is 0 Å². The van der Waals surface area contributed by atoms with Crippen LogP contribution in [-0.4, -0.2) is 0 Å². The number of ether oxygens (including phenoxy) is 1. The highest BCUT2D eigenvalue weighted by Gasteiger charge is 2.02. The molecule has 1 aromatic heterocycles. The Morgan fingerprint density at radius 1 is 1.43 bits per heavy atom. The number of rotatable bonds is 3. The molecule has 0 saturated heterocycles. The largest absolute Gasteiger partial charge is 0.486 e. The normalized spacial score (nSPS) is 10.1. The topological polar surface area (TPSA) is 22.4 Å². The summed E-state index contributed by atoms with van der Waals surface area (Å²) >= 11 is 0. The predicted molar refractivity (Wildman–Crippen MR) is 48.3 cm³/mol. The third kappa shape index (κ3) is 1.93. The van der Waals surface area contributed by atoms with E-state index in [2.05, 4.69) is 6.07 Å². The molecule has 0 aliphatic carbocycles. The third-order valence-electron chi connectivity index (χ3n) is 1.74. The van der Waals surface area contributed by atoms with E-state index in [0.29, 0.717) is 6.61 Å². The summed E-state index contributed by atoms with van der Waals surface area (Å²) in [4.78, 5) is 0. The molecule has 1 heterocycles. The van der Waals surface area contributed by atoms with Gasteiger partial charge in [0.05, 0.1) is 12.5 Å². The SMILES string of the molecule is Fc1[c]cccc1OCc1ccoc1. The number of benzene rings is 1. The highest BCUT2D eigenvalue weighted by atomic mass is 19.1. The van der Waals surface area contributed by atoms with Crippen molar-refractivity contribution in [1.82, 2.24) is 0 Å². The van der Waals surface area contributed by atoms with Crippen molar-refractivity contribution in [2.75, 3.05) is 0 Å². The fourth-order valence-electron chi connectivity index (χ4n) is 1.05. The molecule has 0 spiro atoms. The Labute approximate surface area is 80.9 Å². The van der Waals surface area contributed by atoms with E-state index in [1.807, 2.05) is 0 Å². The first kappa shape index (κ1) is 8.81. The Kier molecular flexibility index (Phi) is 2.49. The average Bonchev–Trinajstić information content (AvgIpc) is 2.69. The lowest BCUT2D eigenvalue weighted by molar-refractivity contribution is 0.289. The van der Waals surface area contributed by atoms with Crippen LogP contribution in [0.2, 0.25) is 0 Å². The van der Waals surface area contributed by atoms with Crippen molar-refractivity contribution in [2.45, 2.75) is 6.61 Å². The van der Waals surface area contributed by atoms with Crippen molar-refractivity contribution in [3.63, 3.8) is 0 Å². The lowest BCUT2D eigenvalue weighted by atomic mass is 10.3. The Morgan fingerprint density at radius 2 is 2.36 bits per heavy atom. The zero-order valence-electron chi connectivity index (χ0n) is 7.37. The van der Waals surface area contributed by atoms with Crippen LogP contribution in [0.1, 0.15) is 5.56 Å². The lowest BCUT2D eigenvalue weighted by Crippen LogP contribution is -1.95. The molecule has 0 unspecified atom stereocenters. The van der Waals surface area contributed by atoms with Gasteiger partial charge in [-0.25, -0.2) is 4.39 Å². The van der Waals surface area contributed by atoms with E-state index in [1.165, 1.54) is 6.07 Å². The molecule has 3 heteroatoms. The monoisotopic (exact) mass is 191 g/mol. The van der Waals surface area contributed by atoms with Gasteiger partial charge in [0, 0.05) is 11.6 Å². The molecule has 0 aliphatic heterocycles. The summed E-state index contributed by atoms with van der Waals surface area (Å²) in [5, 5.41) is 0. The molecule has 0 saturated carbocycles. The van der Waals surface area contributed by atoms with Crippen LogP contribution in [-0.2, 0) is 6.61 Å². The highest BCUT2D eigenvalue weighted by Crippen LogP contribution is 2.16.